The van der Waals surface area contributed by atoms with Crippen LogP contribution in [0.5, 0.6) is 0 Å². The second kappa shape index (κ2) is 7.93. The van der Waals surface area contributed by atoms with E-state index in [0.29, 0.717) is 17.5 Å². The Balaban J connectivity index is 1.73. The number of aryl methyl sites for hydroxylation is 3. The molecule has 8 heteroatoms. The third-order valence-electron chi connectivity index (χ3n) is 4.46. The van der Waals surface area contributed by atoms with E-state index in [1.54, 1.807) is 12.4 Å². The Hall–Kier alpha value is -3.00. The molecular formula is C20H20N6OS. The Labute approximate surface area is 167 Å². The summed E-state index contributed by atoms with van der Waals surface area (Å²) in [4.78, 5) is 8.48. The van der Waals surface area contributed by atoms with Crippen molar-refractivity contribution in [2.24, 2.45) is 0 Å². The number of benzene rings is 1. The van der Waals surface area contributed by atoms with Crippen molar-refractivity contribution in [3.05, 3.63) is 65.6 Å². The van der Waals surface area contributed by atoms with Gasteiger partial charge in [0.1, 0.15) is 0 Å². The Bertz CT molecular complexity index is 1090. The van der Waals surface area contributed by atoms with Crippen LogP contribution in [-0.4, -0.2) is 29.9 Å². The Kier molecular flexibility index (Phi) is 5.21. The summed E-state index contributed by atoms with van der Waals surface area (Å²) in [5.74, 6) is 2.63. The smallest absolute Gasteiger partial charge is 0.226 e. The van der Waals surface area contributed by atoms with E-state index in [2.05, 4.69) is 61.9 Å². The quantitative estimate of drug-likeness (QED) is 0.455. The molecule has 0 aliphatic heterocycles. The lowest BCUT2D eigenvalue weighted by atomic mass is 10.1. The average Bonchev–Trinajstić information content (AvgIpc) is 3.36. The van der Waals surface area contributed by atoms with Crippen LogP contribution in [0.2, 0.25) is 0 Å². The van der Waals surface area contributed by atoms with Crippen molar-refractivity contribution in [3.8, 4) is 17.1 Å². The average molecular weight is 392 g/mol. The zero-order valence-electron chi connectivity index (χ0n) is 16.0. The molecule has 0 N–H and O–H groups in total. The standard InChI is InChI=1S/C20H20N6OS/c1-4-18-22-17(25-27-18)12-28-20-24-23-19(15-7-9-21-10-8-15)26(20)16-6-5-13(2)14(3)11-16/h5-11H,4,12H2,1-3H3. The molecule has 142 valence electrons. The zero-order valence-corrected chi connectivity index (χ0v) is 16.8. The first-order chi connectivity index (χ1) is 13.7. The third kappa shape index (κ3) is 3.68. The molecule has 0 spiro atoms. The molecule has 0 fully saturated rings. The molecule has 1 aromatic carbocycles. The van der Waals surface area contributed by atoms with Gasteiger partial charge in [-0.15, -0.1) is 10.2 Å². The van der Waals surface area contributed by atoms with Gasteiger partial charge in [-0.05, 0) is 49.2 Å². The van der Waals surface area contributed by atoms with Gasteiger partial charge in [-0.25, -0.2) is 0 Å². The summed E-state index contributed by atoms with van der Waals surface area (Å²) in [6.45, 7) is 6.20. The van der Waals surface area contributed by atoms with E-state index in [1.807, 2.05) is 19.1 Å². The summed E-state index contributed by atoms with van der Waals surface area (Å²) >= 11 is 1.53. The molecule has 0 radical (unpaired) electrons. The predicted molar refractivity (Wildman–Crippen MR) is 107 cm³/mol. The molecule has 3 aromatic heterocycles. The van der Waals surface area contributed by atoms with Gasteiger partial charge in [0.25, 0.3) is 0 Å². The van der Waals surface area contributed by atoms with Gasteiger partial charge in [-0.2, -0.15) is 4.98 Å². The molecule has 0 aliphatic rings. The molecule has 4 aromatic rings. The number of hydrogen-bond donors (Lipinski definition) is 0. The Morgan fingerprint density at radius 1 is 1.04 bits per heavy atom. The van der Waals surface area contributed by atoms with Crippen LogP contribution < -0.4 is 0 Å². The first-order valence-electron chi connectivity index (χ1n) is 9.03. The molecule has 3 heterocycles. The molecule has 0 saturated heterocycles. The lowest BCUT2D eigenvalue weighted by Crippen LogP contribution is -2.01. The van der Waals surface area contributed by atoms with Crippen LogP contribution in [0.25, 0.3) is 17.1 Å². The van der Waals surface area contributed by atoms with Crippen LogP contribution >= 0.6 is 11.8 Å². The van der Waals surface area contributed by atoms with Crippen molar-refractivity contribution in [2.75, 3.05) is 0 Å². The number of aromatic nitrogens is 6. The fourth-order valence-corrected chi connectivity index (χ4v) is 3.57. The minimum atomic E-state index is 0.558. The predicted octanol–water partition coefficient (Wildman–Crippen LogP) is 4.18. The zero-order chi connectivity index (χ0) is 19.5. The Morgan fingerprint density at radius 3 is 2.57 bits per heavy atom. The number of pyridine rings is 1. The summed E-state index contributed by atoms with van der Waals surface area (Å²) in [5.41, 5.74) is 4.44. The van der Waals surface area contributed by atoms with Crippen molar-refractivity contribution in [1.82, 2.24) is 29.9 Å². The molecule has 28 heavy (non-hydrogen) atoms. The maximum Gasteiger partial charge on any atom is 0.226 e. The lowest BCUT2D eigenvalue weighted by Gasteiger charge is -2.12. The molecule has 4 rings (SSSR count). The molecular weight excluding hydrogens is 372 g/mol. The molecule has 0 bridgehead atoms. The minimum absolute atomic E-state index is 0.558. The highest BCUT2D eigenvalue weighted by molar-refractivity contribution is 7.98. The van der Waals surface area contributed by atoms with E-state index in [4.69, 9.17) is 4.52 Å². The van der Waals surface area contributed by atoms with Crippen molar-refractivity contribution >= 4 is 11.8 Å². The molecule has 0 amide bonds. The fraction of sp³-hybridized carbons (Fsp3) is 0.250. The molecule has 0 atom stereocenters. The van der Waals surface area contributed by atoms with Crippen molar-refractivity contribution in [2.45, 2.75) is 38.1 Å². The van der Waals surface area contributed by atoms with Gasteiger partial charge in [0.15, 0.2) is 16.8 Å². The number of hydrogen-bond acceptors (Lipinski definition) is 7. The van der Waals surface area contributed by atoms with Crippen LogP contribution in [0, 0.1) is 13.8 Å². The van der Waals surface area contributed by atoms with Gasteiger partial charge in [0.2, 0.25) is 5.89 Å². The fourth-order valence-electron chi connectivity index (χ4n) is 2.77. The van der Waals surface area contributed by atoms with Crippen molar-refractivity contribution in [1.29, 1.82) is 0 Å². The minimum Gasteiger partial charge on any atom is -0.339 e. The molecule has 0 aliphatic carbocycles. The highest BCUT2D eigenvalue weighted by Gasteiger charge is 2.17. The largest absolute Gasteiger partial charge is 0.339 e. The topological polar surface area (TPSA) is 82.5 Å². The van der Waals surface area contributed by atoms with E-state index in [0.717, 1.165) is 28.7 Å². The third-order valence-corrected chi connectivity index (χ3v) is 5.39. The summed E-state index contributed by atoms with van der Waals surface area (Å²) in [6, 6.07) is 10.2. The van der Waals surface area contributed by atoms with Gasteiger partial charge < -0.3 is 4.52 Å². The number of nitrogens with zero attached hydrogens (tertiary/aromatic N) is 6. The second-order valence-electron chi connectivity index (χ2n) is 6.39. The van der Waals surface area contributed by atoms with E-state index in [9.17, 15) is 0 Å². The van der Waals surface area contributed by atoms with Crippen LogP contribution in [0.1, 0.15) is 29.8 Å². The van der Waals surface area contributed by atoms with E-state index in [-0.39, 0.29) is 0 Å². The number of rotatable bonds is 6. The van der Waals surface area contributed by atoms with Gasteiger partial charge in [0.05, 0.1) is 11.4 Å². The van der Waals surface area contributed by atoms with E-state index in [1.165, 1.54) is 22.9 Å². The van der Waals surface area contributed by atoms with E-state index >= 15 is 0 Å². The maximum absolute atomic E-state index is 5.20. The molecule has 7 nitrogen and oxygen atoms in total. The highest BCUT2D eigenvalue weighted by Crippen LogP contribution is 2.29. The maximum atomic E-state index is 5.20. The summed E-state index contributed by atoms with van der Waals surface area (Å²) < 4.78 is 7.26. The van der Waals surface area contributed by atoms with Crippen LogP contribution in [0.15, 0.2) is 52.4 Å². The van der Waals surface area contributed by atoms with Gasteiger partial charge in [-0.1, -0.05) is 29.9 Å². The molecule has 0 unspecified atom stereocenters. The normalized spacial score (nSPS) is 11.1. The first kappa shape index (κ1) is 18.4. The van der Waals surface area contributed by atoms with E-state index < -0.39 is 0 Å². The number of thioether (sulfide) groups is 1. The van der Waals surface area contributed by atoms with Gasteiger partial charge >= 0.3 is 0 Å². The van der Waals surface area contributed by atoms with Gasteiger partial charge in [-0.3, -0.25) is 9.55 Å². The second-order valence-corrected chi connectivity index (χ2v) is 7.34. The van der Waals surface area contributed by atoms with Crippen LogP contribution in [0.4, 0.5) is 0 Å². The SMILES string of the molecule is CCc1nc(CSc2nnc(-c3ccncc3)n2-c2ccc(C)c(C)c2)no1. The van der Waals surface area contributed by atoms with Gasteiger partial charge in [0, 0.05) is 24.4 Å². The van der Waals surface area contributed by atoms with Crippen LogP contribution in [-0.2, 0) is 12.2 Å². The highest BCUT2D eigenvalue weighted by atomic mass is 32.2. The van der Waals surface area contributed by atoms with Crippen LogP contribution in [0.3, 0.4) is 0 Å². The summed E-state index contributed by atoms with van der Waals surface area (Å²) in [5, 5.41) is 13.7. The van der Waals surface area contributed by atoms with Crippen molar-refractivity contribution in [3.63, 3.8) is 0 Å². The van der Waals surface area contributed by atoms with Crippen molar-refractivity contribution < 1.29 is 4.52 Å². The first-order valence-corrected chi connectivity index (χ1v) is 10.0. The lowest BCUT2D eigenvalue weighted by molar-refractivity contribution is 0.378. The monoisotopic (exact) mass is 392 g/mol. The molecule has 0 saturated carbocycles. The summed E-state index contributed by atoms with van der Waals surface area (Å²) in [6.07, 6.45) is 4.24. The summed E-state index contributed by atoms with van der Waals surface area (Å²) in [7, 11) is 0. The Morgan fingerprint density at radius 2 is 1.86 bits per heavy atom.